The fourth-order valence-electron chi connectivity index (χ4n) is 2.77. The molecular weight excluding hydrogens is 314 g/mol. The van der Waals surface area contributed by atoms with Crippen LogP contribution in [0, 0.1) is 0 Å². The van der Waals surface area contributed by atoms with Crippen molar-refractivity contribution in [2.75, 3.05) is 31.1 Å². The van der Waals surface area contributed by atoms with Crippen LogP contribution in [0.25, 0.3) is 11.4 Å². The van der Waals surface area contributed by atoms with Gasteiger partial charge < -0.3 is 5.11 Å². The second-order valence-electron chi connectivity index (χ2n) is 5.67. The molecule has 2 heterocycles. The summed E-state index contributed by atoms with van der Waals surface area (Å²) in [6.07, 6.45) is 0.512. The van der Waals surface area contributed by atoms with Crippen LogP contribution in [0.5, 0.6) is 0 Å². The normalized spacial score (nSPS) is 17.8. The number of hydrogen-bond acceptors (Lipinski definition) is 6. The third kappa shape index (κ3) is 4.25. The van der Waals surface area contributed by atoms with Crippen molar-refractivity contribution in [1.29, 1.82) is 0 Å². The van der Waals surface area contributed by atoms with E-state index in [1.165, 1.54) is 10.3 Å². The Hall–Kier alpha value is -1.57. The summed E-state index contributed by atoms with van der Waals surface area (Å²) in [7, 11) is 0. The van der Waals surface area contributed by atoms with Gasteiger partial charge >= 0.3 is 5.76 Å². The Balaban J connectivity index is 1.70. The molecule has 1 saturated heterocycles. The lowest BCUT2D eigenvalue weighted by atomic mass is 10.2. The highest BCUT2D eigenvalue weighted by molar-refractivity contribution is 7.99. The van der Waals surface area contributed by atoms with E-state index in [-0.39, 0.29) is 6.54 Å². The molecule has 2 aromatic rings. The molecule has 124 valence electrons. The topological polar surface area (TPSA) is 71.5 Å². The van der Waals surface area contributed by atoms with Crippen LogP contribution in [-0.4, -0.2) is 57.0 Å². The van der Waals surface area contributed by atoms with Crippen molar-refractivity contribution in [3.63, 3.8) is 0 Å². The summed E-state index contributed by atoms with van der Waals surface area (Å²) in [4.78, 5) is 14.2. The van der Waals surface area contributed by atoms with Crippen LogP contribution in [0.3, 0.4) is 0 Å². The molecule has 1 fully saturated rings. The van der Waals surface area contributed by atoms with E-state index in [4.69, 9.17) is 4.52 Å². The van der Waals surface area contributed by atoms with E-state index >= 15 is 0 Å². The van der Waals surface area contributed by atoms with Gasteiger partial charge in [-0.1, -0.05) is 35.5 Å². The molecule has 7 heteroatoms. The summed E-state index contributed by atoms with van der Waals surface area (Å²) in [6, 6.07) is 9.39. The summed E-state index contributed by atoms with van der Waals surface area (Å²) >= 11 is 1.95. The second-order valence-corrected chi connectivity index (χ2v) is 6.89. The van der Waals surface area contributed by atoms with E-state index in [1.807, 2.05) is 42.1 Å². The van der Waals surface area contributed by atoms with Gasteiger partial charge in [-0.3, -0.25) is 14.0 Å². The first-order valence-electron chi connectivity index (χ1n) is 7.84. The molecule has 1 aliphatic heterocycles. The fraction of sp³-hybridized carbons (Fsp3) is 0.500. The molecule has 0 saturated carbocycles. The summed E-state index contributed by atoms with van der Waals surface area (Å²) in [5.74, 6) is 2.20. The SMILES string of the molecule is O=c1onc(-c2ccccc2)n1CC(O)CN1CCCSCC1. The summed E-state index contributed by atoms with van der Waals surface area (Å²) in [6.45, 7) is 2.72. The van der Waals surface area contributed by atoms with Crippen LogP contribution in [0.2, 0.25) is 0 Å². The summed E-state index contributed by atoms with van der Waals surface area (Å²) < 4.78 is 6.20. The number of aromatic nitrogens is 2. The van der Waals surface area contributed by atoms with E-state index in [0.29, 0.717) is 12.4 Å². The fourth-order valence-corrected chi connectivity index (χ4v) is 3.70. The van der Waals surface area contributed by atoms with Gasteiger partial charge in [-0.2, -0.15) is 11.8 Å². The largest absolute Gasteiger partial charge is 0.441 e. The first kappa shape index (κ1) is 16.3. The van der Waals surface area contributed by atoms with Gasteiger partial charge in [0.1, 0.15) is 0 Å². The number of β-amino-alcohol motifs (C(OH)–C–C–N with tert-alkyl or cyclic N) is 1. The Morgan fingerprint density at radius 2 is 2.04 bits per heavy atom. The second kappa shape index (κ2) is 7.81. The molecule has 23 heavy (non-hydrogen) atoms. The summed E-state index contributed by atoms with van der Waals surface area (Å²) in [5, 5.41) is 14.2. The molecule has 1 aliphatic rings. The highest BCUT2D eigenvalue weighted by atomic mass is 32.2. The zero-order valence-corrected chi connectivity index (χ0v) is 13.7. The Morgan fingerprint density at radius 3 is 2.87 bits per heavy atom. The van der Waals surface area contributed by atoms with Crippen molar-refractivity contribution in [3.05, 3.63) is 40.9 Å². The van der Waals surface area contributed by atoms with E-state index in [9.17, 15) is 9.90 Å². The van der Waals surface area contributed by atoms with Crippen LogP contribution >= 0.6 is 11.8 Å². The van der Waals surface area contributed by atoms with Crippen molar-refractivity contribution >= 4 is 11.8 Å². The molecule has 3 rings (SSSR count). The van der Waals surface area contributed by atoms with Crippen molar-refractivity contribution in [2.24, 2.45) is 0 Å². The maximum atomic E-state index is 11.9. The molecule has 0 radical (unpaired) electrons. The van der Waals surface area contributed by atoms with Crippen molar-refractivity contribution in [3.8, 4) is 11.4 Å². The Labute approximate surface area is 139 Å². The molecular formula is C16H21N3O3S. The molecule has 6 nitrogen and oxygen atoms in total. The number of benzene rings is 1. The molecule has 0 bridgehead atoms. The van der Waals surface area contributed by atoms with Gasteiger partial charge in [-0.05, 0) is 18.7 Å². The number of aliphatic hydroxyl groups is 1. The van der Waals surface area contributed by atoms with Crippen LogP contribution in [-0.2, 0) is 6.54 Å². The molecule has 1 aromatic heterocycles. The highest BCUT2D eigenvalue weighted by Crippen LogP contribution is 2.16. The average molecular weight is 335 g/mol. The molecule has 0 spiro atoms. The van der Waals surface area contributed by atoms with Gasteiger partial charge in [0.05, 0.1) is 12.6 Å². The van der Waals surface area contributed by atoms with E-state index in [0.717, 1.165) is 30.8 Å². The van der Waals surface area contributed by atoms with Gasteiger partial charge in [-0.15, -0.1) is 0 Å². The van der Waals surface area contributed by atoms with Crippen LogP contribution in [0.1, 0.15) is 6.42 Å². The maximum absolute atomic E-state index is 11.9. The first-order valence-corrected chi connectivity index (χ1v) is 8.99. The van der Waals surface area contributed by atoms with Crippen LogP contribution in [0.15, 0.2) is 39.6 Å². The quantitative estimate of drug-likeness (QED) is 0.888. The predicted octanol–water partition coefficient (Wildman–Crippen LogP) is 1.30. The zero-order chi connectivity index (χ0) is 16.1. The highest BCUT2D eigenvalue weighted by Gasteiger charge is 2.19. The van der Waals surface area contributed by atoms with E-state index < -0.39 is 11.9 Å². The van der Waals surface area contributed by atoms with Crippen molar-refractivity contribution in [1.82, 2.24) is 14.6 Å². The van der Waals surface area contributed by atoms with Crippen LogP contribution in [0.4, 0.5) is 0 Å². The molecule has 1 aromatic carbocycles. The minimum atomic E-state index is -0.627. The Morgan fingerprint density at radius 1 is 1.22 bits per heavy atom. The summed E-state index contributed by atoms with van der Waals surface area (Å²) in [5.41, 5.74) is 0.803. The Kier molecular flexibility index (Phi) is 5.53. The minimum absolute atomic E-state index is 0.191. The number of aliphatic hydroxyl groups excluding tert-OH is 1. The minimum Gasteiger partial charge on any atom is -0.390 e. The third-order valence-electron chi connectivity index (χ3n) is 3.90. The lowest BCUT2D eigenvalue weighted by Crippen LogP contribution is -2.37. The number of nitrogens with zero attached hydrogens (tertiary/aromatic N) is 3. The Bertz CT molecular complexity index is 663. The molecule has 0 aliphatic carbocycles. The van der Waals surface area contributed by atoms with Gasteiger partial charge in [0.15, 0.2) is 5.82 Å². The number of hydrogen-bond donors (Lipinski definition) is 1. The number of thioether (sulfide) groups is 1. The van der Waals surface area contributed by atoms with Crippen LogP contribution < -0.4 is 5.76 Å². The predicted molar refractivity (Wildman–Crippen MR) is 90.6 cm³/mol. The van der Waals surface area contributed by atoms with Gasteiger partial charge in [0.2, 0.25) is 0 Å². The van der Waals surface area contributed by atoms with Gasteiger partial charge in [0.25, 0.3) is 0 Å². The molecule has 1 atom stereocenters. The van der Waals surface area contributed by atoms with Gasteiger partial charge in [0, 0.05) is 24.4 Å². The van der Waals surface area contributed by atoms with Crippen molar-refractivity contribution < 1.29 is 9.63 Å². The van der Waals surface area contributed by atoms with E-state index in [1.54, 1.807) is 0 Å². The van der Waals surface area contributed by atoms with Crippen molar-refractivity contribution in [2.45, 2.75) is 19.1 Å². The third-order valence-corrected chi connectivity index (χ3v) is 4.94. The first-order chi connectivity index (χ1) is 11.2. The molecule has 1 unspecified atom stereocenters. The number of rotatable bonds is 5. The smallest absolute Gasteiger partial charge is 0.390 e. The van der Waals surface area contributed by atoms with Gasteiger partial charge in [-0.25, -0.2) is 4.79 Å². The molecule has 1 N–H and O–H groups in total. The lowest BCUT2D eigenvalue weighted by molar-refractivity contribution is 0.100. The zero-order valence-electron chi connectivity index (χ0n) is 12.9. The monoisotopic (exact) mass is 335 g/mol. The van der Waals surface area contributed by atoms with E-state index in [2.05, 4.69) is 10.1 Å². The average Bonchev–Trinajstić information content (AvgIpc) is 2.76. The standard InChI is InChI=1S/C16H21N3O3S/c20-14(11-18-7-4-9-23-10-8-18)12-19-15(17-22-16(19)21)13-5-2-1-3-6-13/h1-3,5-6,14,20H,4,7-12H2. The maximum Gasteiger partial charge on any atom is 0.441 e. The molecule has 0 amide bonds. The lowest BCUT2D eigenvalue weighted by Gasteiger charge is -2.23.